The molecular formula is C12H22N2O. The van der Waals surface area contributed by atoms with E-state index in [-0.39, 0.29) is 6.04 Å². The van der Waals surface area contributed by atoms with Gasteiger partial charge in [0.1, 0.15) is 0 Å². The number of hydrogen-bond donors (Lipinski definition) is 1. The Morgan fingerprint density at radius 1 is 1.47 bits per heavy atom. The highest BCUT2D eigenvalue weighted by Gasteiger charge is 2.39. The lowest BCUT2D eigenvalue weighted by Crippen LogP contribution is -2.42. The van der Waals surface area contributed by atoms with Crippen LogP contribution in [0.5, 0.6) is 0 Å². The lowest BCUT2D eigenvalue weighted by Gasteiger charge is -2.24. The molecule has 0 spiro atoms. The molecule has 0 aromatic carbocycles. The maximum Gasteiger partial charge on any atom is 0.240 e. The molecule has 0 aromatic heterocycles. The molecule has 0 radical (unpaired) electrons. The molecule has 1 aliphatic heterocycles. The summed E-state index contributed by atoms with van der Waals surface area (Å²) in [5.74, 6) is 1.13. The third kappa shape index (κ3) is 2.33. The third-order valence-electron chi connectivity index (χ3n) is 3.68. The number of nitrogens with one attached hydrogen (secondary N) is 1. The van der Waals surface area contributed by atoms with E-state index in [1.54, 1.807) is 0 Å². The van der Waals surface area contributed by atoms with Gasteiger partial charge in [-0.3, -0.25) is 4.79 Å². The highest BCUT2D eigenvalue weighted by molar-refractivity contribution is 5.84. The van der Waals surface area contributed by atoms with Crippen LogP contribution in [0.1, 0.15) is 39.5 Å². The van der Waals surface area contributed by atoms with Crippen LogP contribution in [0.15, 0.2) is 0 Å². The minimum absolute atomic E-state index is 0.103. The van der Waals surface area contributed by atoms with Crippen molar-refractivity contribution in [1.29, 1.82) is 0 Å². The standard InChI is InChI=1S/C12H22N2O/c1-3-7-13-11-6-8-14(12(11)15)9(2)10-4-5-10/h9-11,13H,3-8H2,1-2H3. The van der Waals surface area contributed by atoms with Crippen molar-refractivity contribution in [1.82, 2.24) is 10.2 Å². The van der Waals surface area contributed by atoms with Crippen LogP contribution < -0.4 is 5.32 Å². The molecule has 3 heteroatoms. The van der Waals surface area contributed by atoms with Crippen LogP contribution in [0.25, 0.3) is 0 Å². The predicted octanol–water partition coefficient (Wildman–Crippen LogP) is 1.39. The summed E-state index contributed by atoms with van der Waals surface area (Å²) < 4.78 is 0. The molecule has 1 saturated carbocycles. The largest absolute Gasteiger partial charge is 0.338 e. The molecule has 15 heavy (non-hydrogen) atoms. The Kier molecular flexibility index (Phi) is 3.29. The van der Waals surface area contributed by atoms with Gasteiger partial charge in [-0.1, -0.05) is 6.92 Å². The maximum absolute atomic E-state index is 12.0. The molecule has 1 saturated heterocycles. The Balaban J connectivity index is 1.85. The summed E-state index contributed by atoms with van der Waals surface area (Å²) in [6.07, 6.45) is 4.73. The second-order valence-corrected chi connectivity index (χ2v) is 4.91. The molecule has 1 aliphatic carbocycles. The van der Waals surface area contributed by atoms with Crippen LogP contribution in [0.2, 0.25) is 0 Å². The smallest absolute Gasteiger partial charge is 0.240 e. The van der Waals surface area contributed by atoms with Crippen molar-refractivity contribution in [2.45, 2.75) is 51.6 Å². The summed E-state index contributed by atoms with van der Waals surface area (Å²) in [4.78, 5) is 14.1. The second-order valence-electron chi connectivity index (χ2n) is 4.91. The fraction of sp³-hybridized carbons (Fsp3) is 0.917. The zero-order chi connectivity index (χ0) is 10.8. The zero-order valence-electron chi connectivity index (χ0n) is 9.83. The summed E-state index contributed by atoms with van der Waals surface area (Å²) in [5.41, 5.74) is 0. The Morgan fingerprint density at radius 3 is 2.80 bits per heavy atom. The lowest BCUT2D eigenvalue weighted by atomic mass is 10.2. The number of rotatable bonds is 5. The van der Waals surface area contributed by atoms with Crippen LogP contribution in [-0.4, -0.2) is 36.0 Å². The van der Waals surface area contributed by atoms with Crippen LogP contribution in [0, 0.1) is 5.92 Å². The van der Waals surface area contributed by atoms with Gasteiger partial charge < -0.3 is 10.2 Å². The average Bonchev–Trinajstić information content (AvgIpc) is 3.01. The number of hydrogen-bond acceptors (Lipinski definition) is 2. The molecule has 1 heterocycles. The highest BCUT2D eigenvalue weighted by Crippen LogP contribution is 2.36. The molecule has 3 nitrogen and oxygen atoms in total. The van der Waals surface area contributed by atoms with Crippen molar-refractivity contribution in [3.63, 3.8) is 0 Å². The van der Waals surface area contributed by atoms with Crippen LogP contribution in [-0.2, 0) is 4.79 Å². The van der Waals surface area contributed by atoms with E-state index < -0.39 is 0 Å². The second kappa shape index (κ2) is 4.52. The molecule has 2 aliphatic rings. The topological polar surface area (TPSA) is 32.3 Å². The van der Waals surface area contributed by atoms with Crippen molar-refractivity contribution in [2.24, 2.45) is 5.92 Å². The number of nitrogens with zero attached hydrogens (tertiary/aromatic N) is 1. The van der Waals surface area contributed by atoms with Crippen LogP contribution in [0.3, 0.4) is 0 Å². The molecule has 1 amide bonds. The van der Waals surface area contributed by atoms with Gasteiger partial charge in [0.05, 0.1) is 6.04 Å². The number of carbonyl (C=O) groups excluding carboxylic acids is 1. The fourth-order valence-electron chi connectivity index (χ4n) is 2.45. The van der Waals surface area contributed by atoms with Crippen molar-refractivity contribution in [3.8, 4) is 0 Å². The van der Waals surface area contributed by atoms with E-state index in [2.05, 4.69) is 24.1 Å². The lowest BCUT2D eigenvalue weighted by molar-refractivity contribution is -0.131. The first-order valence-corrected chi connectivity index (χ1v) is 6.28. The Bertz CT molecular complexity index is 238. The Hall–Kier alpha value is -0.570. The molecule has 2 unspecified atom stereocenters. The van der Waals surface area contributed by atoms with Gasteiger partial charge in [0, 0.05) is 12.6 Å². The molecule has 2 fully saturated rings. The molecule has 2 atom stereocenters. The van der Waals surface area contributed by atoms with E-state index in [0.717, 1.165) is 31.8 Å². The first-order chi connectivity index (χ1) is 7.24. The van der Waals surface area contributed by atoms with E-state index in [1.165, 1.54) is 12.8 Å². The Morgan fingerprint density at radius 2 is 2.20 bits per heavy atom. The van der Waals surface area contributed by atoms with Gasteiger partial charge >= 0.3 is 0 Å². The number of amides is 1. The molecular weight excluding hydrogens is 188 g/mol. The van der Waals surface area contributed by atoms with Gasteiger partial charge in [0.2, 0.25) is 5.91 Å². The molecule has 0 bridgehead atoms. The maximum atomic E-state index is 12.0. The highest BCUT2D eigenvalue weighted by atomic mass is 16.2. The summed E-state index contributed by atoms with van der Waals surface area (Å²) in [6.45, 7) is 6.26. The number of carbonyl (C=O) groups is 1. The van der Waals surface area contributed by atoms with Gasteiger partial charge in [-0.25, -0.2) is 0 Å². The first-order valence-electron chi connectivity index (χ1n) is 6.28. The normalized spacial score (nSPS) is 28.5. The van der Waals surface area contributed by atoms with E-state index in [0.29, 0.717) is 11.9 Å². The minimum Gasteiger partial charge on any atom is -0.338 e. The SMILES string of the molecule is CCCNC1CCN(C(C)C2CC2)C1=O. The molecule has 0 aromatic rings. The van der Waals surface area contributed by atoms with E-state index in [9.17, 15) is 4.79 Å². The predicted molar refractivity (Wildman–Crippen MR) is 60.6 cm³/mol. The third-order valence-corrected chi connectivity index (χ3v) is 3.68. The van der Waals surface area contributed by atoms with Crippen LogP contribution >= 0.6 is 0 Å². The van der Waals surface area contributed by atoms with E-state index in [1.807, 2.05) is 0 Å². The fourth-order valence-corrected chi connectivity index (χ4v) is 2.45. The van der Waals surface area contributed by atoms with Gasteiger partial charge in [-0.05, 0) is 45.1 Å². The van der Waals surface area contributed by atoms with Gasteiger partial charge in [0.15, 0.2) is 0 Å². The van der Waals surface area contributed by atoms with Crippen LogP contribution in [0.4, 0.5) is 0 Å². The van der Waals surface area contributed by atoms with Crippen molar-refractivity contribution in [2.75, 3.05) is 13.1 Å². The minimum atomic E-state index is 0.103. The van der Waals surface area contributed by atoms with Crippen molar-refractivity contribution >= 4 is 5.91 Å². The number of likely N-dealkylation sites (tertiary alicyclic amines) is 1. The molecule has 1 N–H and O–H groups in total. The molecule has 2 rings (SSSR count). The monoisotopic (exact) mass is 210 g/mol. The van der Waals surface area contributed by atoms with E-state index in [4.69, 9.17) is 0 Å². The zero-order valence-corrected chi connectivity index (χ0v) is 9.83. The van der Waals surface area contributed by atoms with Crippen molar-refractivity contribution in [3.05, 3.63) is 0 Å². The van der Waals surface area contributed by atoms with Gasteiger partial charge in [0.25, 0.3) is 0 Å². The molecule has 86 valence electrons. The van der Waals surface area contributed by atoms with E-state index >= 15 is 0 Å². The quantitative estimate of drug-likeness (QED) is 0.743. The average molecular weight is 210 g/mol. The summed E-state index contributed by atoms with van der Waals surface area (Å²) in [7, 11) is 0. The summed E-state index contributed by atoms with van der Waals surface area (Å²) in [5, 5.41) is 3.33. The van der Waals surface area contributed by atoms with Crippen molar-refractivity contribution < 1.29 is 4.79 Å². The Labute approximate surface area is 92.2 Å². The van der Waals surface area contributed by atoms with Gasteiger partial charge in [-0.2, -0.15) is 0 Å². The summed E-state index contributed by atoms with van der Waals surface area (Å²) >= 11 is 0. The summed E-state index contributed by atoms with van der Waals surface area (Å²) in [6, 6.07) is 0.581. The van der Waals surface area contributed by atoms with Gasteiger partial charge in [-0.15, -0.1) is 0 Å². The first kappa shape index (κ1) is 10.9.